The summed E-state index contributed by atoms with van der Waals surface area (Å²) in [5.74, 6) is 0.403. The summed E-state index contributed by atoms with van der Waals surface area (Å²) in [6, 6.07) is 16.4. The van der Waals surface area contributed by atoms with E-state index in [1.54, 1.807) is 36.2 Å². The van der Waals surface area contributed by atoms with Gasteiger partial charge in [0.1, 0.15) is 5.75 Å². The zero-order chi connectivity index (χ0) is 17.6. The highest BCUT2D eigenvalue weighted by Crippen LogP contribution is 2.20. The van der Waals surface area contributed by atoms with Crippen LogP contribution < -0.4 is 0 Å². The number of aromatic hydroxyl groups is 1. The lowest BCUT2D eigenvalue weighted by atomic mass is 10.2. The monoisotopic (exact) mass is 355 g/mol. The van der Waals surface area contributed by atoms with Crippen LogP contribution in [0.25, 0.3) is 5.69 Å². The molecule has 0 fully saturated rings. The molecule has 0 saturated carbocycles. The van der Waals surface area contributed by atoms with Gasteiger partial charge in [0.2, 0.25) is 11.1 Å². The molecule has 2 aromatic carbocycles. The van der Waals surface area contributed by atoms with Crippen LogP contribution in [0.15, 0.2) is 59.8 Å². The normalized spacial score (nSPS) is 10.6. The molecule has 0 atom stereocenters. The number of phenols is 1. The Bertz CT molecular complexity index is 836. The molecule has 3 rings (SSSR count). The van der Waals surface area contributed by atoms with Crippen LogP contribution in [-0.2, 0) is 11.3 Å². The Morgan fingerprint density at radius 2 is 1.88 bits per heavy atom. The molecule has 1 aromatic heterocycles. The van der Waals surface area contributed by atoms with Gasteiger partial charge in [-0.1, -0.05) is 42.1 Å². The first-order chi connectivity index (χ1) is 12.1. The molecule has 0 bridgehead atoms. The Labute approximate surface area is 149 Å². The van der Waals surface area contributed by atoms with Crippen LogP contribution in [0, 0.1) is 0 Å². The van der Waals surface area contributed by atoms with Crippen molar-refractivity contribution in [3.8, 4) is 11.4 Å². The van der Waals surface area contributed by atoms with E-state index < -0.39 is 0 Å². The maximum Gasteiger partial charge on any atom is 0.233 e. The molecule has 0 aliphatic rings. The number of hydrogen-bond donors (Lipinski definition) is 1. The molecule has 0 saturated heterocycles. The highest BCUT2D eigenvalue weighted by atomic mass is 32.2. The molecule has 1 N–H and O–H groups in total. The van der Waals surface area contributed by atoms with Crippen molar-refractivity contribution in [1.29, 1.82) is 0 Å². The minimum Gasteiger partial charge on any atom is -0.508 e. The molecule has 7 nitrogen and oxygen atoms in total. The third-order valence-electron chi connectivity index (χ3n) is 3.55. The van der Waals surface area contributed by atoms with Gasteiger partial charge in [0.15, 0.2) is 0 Å². The van der Waals surface area contributed by atoms with Crippen LogP contribution in [0.2, 0.25) is 0 Å². The molecule has 8 heteroatoms. The van der Waals surface area contributed by atoms with Crippen molar-refractivity contribution >= 4 is 17.7 Å². The van der Waals surface area contributed by atoms with Crippen LogP contribution in [0.1, 0.15) is 5.56 Å². The number of rotatable bonds is 6. The fourth-order valence-corrected chi connectivity index (χ4v) is 3.04. The molecule has 128 valence electrons. The van der Waals surface area contributed by atoms with Crippen molar-refractivity contribution in [3.63, 3.8) is 0 Å². The highest BCUT2D eigenvalue weighted by molar-refractivity contribution is 7.99. The van der Waals surface area contributed by atoms with E-state index in [1.807, 2.05) is 30.3 Å². The summed E-state index contributed by atoms with van der Waals surface area (Å²) in [7, 11) is 1.78. The quantitative estimate of drug-likeness (QED) is 0.682. The second-order valence-corrected chi connectivity index (χ2v) is 6.36. The number of thioether (sulfide) groups is 1. The fourth-order valence-electron chi connectivity index (χ4n) is 2.21. The van der Waals surface area contributed by atoms with E-state index in [2.05, 4.69) is 15.5 Å². The third-order valence-corrected chi connectivity index (χ3v) is 4.45. The van der Waals surface area contributed by atoms with Crippen molar-refractivity contribution in [2.24, 2.45) is 0 Å². The smallest absolute Gasteiger partial charge is 0.233 e. The van der Waals surface area contributed by atoms with Gasteiger partial charge in [-0.05, 0) is 40.3 Å². The second-order valence-electron chi connectivity index (χ2n) is 5.41. The molecule has 1 amide bonds. The maximum atomic E-state index is 12.3. The number of amides is 1. The van der Waals surface area contributed by atoms with Gasteiger partial charge in [-0.2, -0.15) is 4.68 Å². The number of aromatic nitrogens is 4. The summed E-state index contributed by atoms with van der Waals surface area (Å²) in [4.78, 5) is 14.0. The molecule has 1 heterocycles. The lowest BCUT2D eigenvalue weighted by Crippen LogP contribution is -2.27. The van der Waals surface area contributed by atoms with E-state index in [4.69, 9.17) is 0 Å². The summed E-state index contributed by atoms with van der Waals surface area (Å²) >= 11 is 1.27. The van der Waals surface area contributed by atoms with Crippen LogP contribution in [-0.4, -0.2) is 48.9 Å². The number of benzene rings is 2. The molecule has 0 unspecified atom stereocenters. The zero-order valence-corrected chi connectivity index (χ0v) is 14.4. The molecule has 0 radical (unpaired) electrons. The molecule has 25 heavy (non-hydrogen) atoms. The number of hydrogen-bond acceptors (Lipinski definition) is 6. The Morgan fingerprint density at radius 1 is 1.16 bits per heavy atom. The number of carbonyl (C=O) groups is 1. The first kappa shape index (κ1) is 17.0. The Morgan fingerprint density at radius 3 is 2.60 bits per heavy atom. The summed E-state index contributed by atoms with van der Waals surface area (Å²) in [6.45, 7) is 0.559. The predicted molar refractivity (Wildman–Crippen MR) is 94.5 cm³/mol. The van der Waals surface area contributed by atoms with E-state index in [9.17, 15) is 9.90 Å². The summed E-state index contributed by atoms with van der Waals surface area (Å²) in [5.41, 5.74) is 1.80. The van der Waals surface area contributed by atoms with Crippen molar-refractivity contribution in [2.45, 2.75) is 11.7 Å². The Balaban J connectivity index is 1.61. The van der Waals surface area contributed by atoms with Crippen LogP contribution in [0.4, 0.5) is 0 Å². The summed E-state index contributed by atoms with van der Waals surface area (Å²) in [6.07, 6.45) is 0. The van der Waals surface area contributed by atoms with Gasteiger partial charge < -0.3 is 10.0 Å². The van der Waals surface area contributed by atoms with Gasteiger partial charge in [0.25, 0.3) is 0 Å². The van der Waals surface area contributed by atoms with Gasteiger partial charge in [-0.3, -0.25) is 4.79 Å². The van der Waals surface area contributed by atoms with Crippen molar-refractivity contribution in [2.75, 3.05) is 12.8 Å². The second kappa shape index (κ2) is 7.80. The highest BCUT2D eigenvalue weighted by Gasteiger charge is 2.14. The molecule has 0 aliphatic heterocycles. The zero-order valence-electron chi connectivity index (χ0n) is 13.6. The molecule has 3 aromatic rings. The average molecular weight is 355 g/mol. The van der Waals surface area contributed by atoms with Crippen LogP contribution in [0.3, 0.4) is 0 Å². The molecule has 0 aliphatic carbocycles. The van der Waals surface area contributed by atoms with Crippen molar-refractivity contribution in [3.05, 3.63) is 60.2 Å². The SMILES string of the molecule is CN(Cc1ccccc1)C(=O)CSc1nnnn1-c1ccc(O)cc1. The Kier molecular flexibility index (Phi) is 5.30. The number of phenolic OH excluding ortho intramolecular Hbond substituents is 1. The van der Waals surface area contributed by atoms with Crippen molar-refractivity contribution < 1.29 is 9.90 Å². The average Bonchev–Trinajstić information content (AvgIpc) is 3.09. The lowest BCUT2D eigenvalue weighted by molar-refractivity contribution is -0.127. The van der Waals surface area contributed by atoms with Crippen LogP contribution in [0.5, 0.6) is 5.75 Å². The molecular weight excluding hydrogens is 338 g/mol. The van der Waals surface area contributed by atoms with E-state index in [-0.39, 0.29) is 17.4 Å². The summed E-state index contributed by atoms with van der Waals surface area (Å²) < 4.78 is 1.54. The number of tetrazole rings is 1. The maximum absolute atomic E-state index is 12.3. The van der Waals surface area contributed by atoms with E-state index >= 15 is 0 Å². The van der Waals surface area contributed by atoms with E-state index in [0.717, 1.165) is 11.3 Å². The van der Waals surface area contributed by atoms with E-state index in [0.29, 0.717) is 11.7 Å². The summed E-state index contributed by atoms with van der Waals surface area (Å²) in [5, 5.41) is 21.4. The van der Waals surface area contributed by atoms with Gasteiger partial charge in [-0.15, -0.1) is 5.10 Å². The number of carbonyl (C=O) groups excluding carboxylic acids is 1. The number of nitrogens with zero attached hydrogens (tertiary/aromatic N) is 5. The predicted octanol–water partition coefficient (Wildman–Crippen LogP) is 2.12. The first-order valence-corrected chi connectivity index (χ1v) is 8.60. The lowest BCUT2D eigenvalue weighted by Gasteiger charge is -2.16. The van der Waals surface area contributed by atoms with Crippen LogP contribution >= 0.6 is 11.8 Å². The van der Waals surface area contributed by atoms with Gasteiger partial charge in [0, 0.05) is 13.6 Å². The minimum absolute atomic E-state index is 0.00545. The van der Waals surface area contributed by atoms with Gasteiger partial charge in [0.05, 0.1) is 11.4 Å². The van der Waals surface area contributed by atoms with Gasteiger partial charge in [-0.25, -0.2) is 0 Å². The topological polar surface area (TPSA) is 84.1 Å². The standard InChI is InChI=1S/C17H17N5O2S/c1-21(11-13-5-3-2-4-6-13)16(24)12-25-17-18-19-20-22(17)14-7-9-15(23)10-8-14/h2-10,23H,11-12H2,1H3. The Hall–Kier alpha value is -2.87. The first-order valence-electron chi connectivity index (χ1n) is 7.62. The minimum atomic E-state index is -0.00545. The molecular formula is C17H17N5O2S. The fraction of sp³-hybridized carbons (Fsp3) is 0.176. The van der Waals surface area contributed by atoms with Crippen molar-refractivity contribution in [1.82, 2.24) is 25.1 Å². The van der Waals surface area contributed by atoms with E-state index in [1.165, 1.54) is 16.4 Å². The largest absolute Gasteiger partial charge is 0.508 e. The van der Waals surface area contributed by atoms with Gasteiger partial charge >= 0.3 is 0 Å². The molecule has 0 spiro atoms. The third kappa shape index (κ3) is 4.36.